The molecule has 2 spiro atoms. The van der Waals surface area contributed by atoms with Crippen molar-refractivity contribution in [2.75, 3.05) is 13.7 Å². The lowest BCUT2D eigenvalue weighted by atomic mass is 9.73. The molecule has 4 heterocycles. The van der Waals surface area contributed by atoms with Crippen LogP contribution in [0.25, 0.3) is 0 Å². The third kappa shape index (κ3) is 2.12. The summed E-state index contributed by atoms with van der Waals surface area (Å²) in [6, 6.07) is 0.000268. The molecule has 0 radical (unpaired) electrons. The van der Waals surface area contributed by atoms with Crippen LogP contribution < -0.4 is 0 Å². The zero-order chi connectivity index (χ0) is 21.4. The Balaban J connectivity index is 1.69. The number of rotatable bonds is 2. The highest BCUT2D eigenvalue weighted by Gasteiger charge is 2.76. The summed E-state index contributed by atoms with van der Waals surface area (Å²) in [6.45, 7) is 6.20. The number of cyclic esters (lactones) is 1. The van der Waals surface area contributed by atoms with Crippen LogP contribution in [0.2, 0.25) is 0 Å². The van der Waals surface area contributed by atoms with E-state index in [9.17, 15) is 14.4 Å². The molecule has 5 atom stereocenters. The number of Topliss-reactive ketones (excluding diaryl/α,β-unsaturated/α-hetero) is 1. The normalized spacial score (nSPS) is 41.3. The number of ketones is 1. The quantitative estimate of drug-likeness (QED) is 0.641. The summed E-state index contributed by atoms with van der Waals surface area (Å²) < 4.78 is 17.5. The summed E-state index contributed by atoms with van der Waals surface area (Å²) >= 11 is 0. The molecule has 4 aliphatic heterocycles. The number of hydrogen-bond acceptors (Lipinski definition) is 7. The Morgan fingerprint density at radius 1 is 1.13 bits per heavy atom. The van der Waals surface area contributed by atoms with E-state index in [0.29, 0.717) is 29.7 Å². The fourth-order valence-corrected chi connectivity index (χ4v) is 6.81. The molecule has 162 valence electrons. The molecule has 3 saturated heterocycles. The van der Waals surface area contributed by atoms with Gasteiger partial charge in [-0.3, -0.25) is 14.5 Å². The minimum atomic E-state index is -1.46. The summed E-state index contributed by atoms with van der Waals surface area (Å²) in [5.41, 5.74) is -0.0942. The van der Waals surface area contributed by atoms with E-state index in [1.165, 1.54) is 7.11 Å². The molecule has 30 heavy (non-hydrogen) atoms. The van der Waals surface area contributed by atoms with Crippen molar-refractivity contribution in [3.05, 3.63) is 22.5 Å². The maximum atomic E-state index is 13.8. The average Bonchev–Trinajstić information content (AvgIpc) is 3.33. The number of nitrogens with zero attached hydrogens (tertiary/aromatic N) is 1. The Morgan fingerprint density at radius 3 is 2.57 bits per heavy atom. The Bertz CT molecular complexity index is 919. The number of carbonyl (C=O) groups excluding carboxylic acids is 3. The van der Waals surface area contributed by atoms with Crippen molar-refractivity contribution in [3.8, 4) is 0 Å². The highest BCUT2D eigenvalue weighted by molar-refractivity contribution is 6.14. The van der Waals surface area contributed by atoms with Crippen LogP contribution in [0, 0.1) is 5.92 Å². The maximum absolute atomic E-state index is 13.8. The Kier molecular flexibility index (Phi) is 4.24. The van der Waals surface area contributed by atoms with Crippen molar-refractivity contribution < 1.29 is 28.6 Å². The van der Waals surface area contributed by atoms with E-state index < -0.39 is 17.1 Å². The Labute approximate surface area is 176 Å². The lowest BCUT2D eigenvalue weighted by Gasteiger charge is -2.48. The van der Waals surface area contributed by atoms with Gasteiger partial charge in [0.25, 0.3) is 5.60 Å². The summed E-state index contributed by atoms with van der Waals surface area (Å²) in [7, 11) is 1.51. The lowest BCUT2D eigenvalue weighted by Crippen LogP contribution is -2.66. The molecule has 0 aromatic heterocycles. The van der Waals surface area contributed by atoms with Gasteiger partial charge >= 0.3 is 11.9 Å². The molecular formula is C23H29NO6. The molecule has 0 bridgehead atoms. The first-order valence-electron chi connectivity index (χ1n) is 11.0. The smallest absolute Gasteiger partial charge is 0.338 e. The summed E-state index contributed by atoms with van der Waals surface area (Å²) in [6.07, 6.45) is 4.69. The van der Waals surface area contributed by atoms with E-state index in [2.05, 4.69) is 4.90 Å². The van der Waals surface area contributed by atoms with Crippen LogP contribution in [0.15, 0.2) is 22.5 Å². The van der Waals surface area contributed by atoms with Crippen molar-refractivity contribution in [1.82, 2.24) is 4.90 Å². The second-order valence-corrected chi connectivity index (χ2v) is 9.39. The number of methoxy groups -OCH3 is 1. The van der Waals surface area contributed by atoms with Crippen molar-refractivity contribution in [2.24, 2.45) is 5.92 Å². The molecule has 7 nitrogen and oxygen atoms in total. The predicted molar refractivity (Wildman–Crippen MR) is 106 cm³/mol. The van der Waals surface area contributed by atoms with Crippen molar-refractivity contribution in [3.63, 3.8) is 0 Å². The monoisotopic (exact) mass is 415 g/mol. The molecule has 0 N–H and O–H groups in total. The first-order valence-corrected chi connectivity index (χ1v) is 11.0. The van der Waals surface area contributed by atoms with Gasteiger partial charge in [0, 0.05) is 6.04 Å². The first-order chi connectivity index (χ1) is 14.3. The third-order valence-electron chi connectivity index (χ3n) is 8.06. The molecule has 3 fully saturated rings. The van der Waals surface area contributed by atoms with Crippen LogP contribution in [0.1, 0.15) is 59.3 Å². The van der Waals surface area contributed by atoms with E-state index in [-0.39, 0.29) is 29.8 Å². The van der Waals surface area contributed by atoms with Crippen LogP contribution in [0.5, 0.6) is 0 Å². The van der Waals surface area contributed by atoms with Gasteiger partial charge in [0.1, 0.15) is 6.10 Å². The molecule has 5 rings (SSSR count). The van der Waals surface area contributed by atoms with Gasteiger partial charge in [-0.15, -0.1) is 0 Å². The minimum absolute atomic E-state index is 0.000268. The van der Waals surface area contributed by atoms with Gasteiger partial charge in [-0.2, -0.15) is 0 Å². The molecule has 1 aliphatic carbocycles. The lowest BCUT2D eigenvalue weighted by molar-refractivity contribution is -0.168. The topological polar surface area (TPSA) is 82.1 Å². The molecule has 0 amide bonds. The van der Waals surface area contributed by atoms with Crippen LogP contribution >= 0.6 is 0 Å². The number of carbonyl (C=O) groups is 3. The zero-order valence-corrected chi connectivity index (χ0v) is 18.1. The number of ether oxygens (including phenoxy) is 3. The minimum Gasteiger partial charge on any atom is -0.496 e. The molecular weight excluding hydrogens is 386 g/mol. The van der Waals surface area contributed by atoms with Crippen molar-refractivity contribution in [1.29, 1.82) is 0 Å². The van der Waals surface area contributed by atoms with Crippen LogP contribution in [-0.4, -0.2) is 59.6 Å². The van der Waals surface area contributed by atoms with E-state index in [4.69, 9.17) is 14.2 Å². The van der Waals surface area contributed by atoms with E-state index in [1.54, 1.807) is 6.92 Å². The van der Waals surface area contributed by atoms with Crippen molar-refractivity contribution in [2.45, 2.75) is 82.6 Å². The predicted octanol–water partition coefficient (Wildman–Crippen LogP) is 2.44. The van der Waals surface area contributed by atoms with E-state index in [1.807, 2.05) is 13.8 Å². The molecule has 5 aliphatic rings. The number of esters is 2. The van der Waals surface area contributed by atoms with Gasteiger partial charge in [-0.25, -0.2) is 4.79 Å². The largest absolute Gasteiger partial charge is 0.496 e. The molecule has 0 saturated carbocycles. The molecule has 0 aromatic carbocycles. The van der Waals surface area contributed by atoms with Crippen molar-refractivity contribution >= 4 is 17.7 Å². The van der Waals surface area contributed by atoms with Gasteiger partial charge < -0.3 is 14.2 Å². The van der Waals surface area contributed by atoms with Gasteiger partial charge in [0.2, 0.25) is 5.78 Å². The standard InChI is InChI=1S/C23H29NO6/c1-12-11-17(29-20(12)26)16-8-9-22-15(7-5-6-10-24(16)22)13(2)18(25)23(22)19(28-4)14(3)21(27)30-23/h12,16-17H,5-11H2,1-4H3/t12-,16-,17-,22-,23+/m0/s1. The van der Waals surface area contributed by atoms with Crippen LogP contribution in [0.4, 0.5) is 0 Å². The summed E-state index contributed by atoms with van der Waals surface area (Å²) in [5, 5.41) is 0. The third-order valence-corrected chi connectivity index (χ3v) is 8.06. The highest BCUT2D eigenvalue weighted by Crippen LogP contribution is 2.62. The first kappa shape index (κ1) is 19.8. The highest BCUT2D eigenvalue weighted by atomic mass is 16.6. The maximum Gasteiger partial charge on any atom is 0.338 e. The van der Waals surface area contributed by atoms with E-state index in [0.717, 1.165) is 37.8 Å². The molecule has 7 heteroatoms. The Hall–Kier alpha value is -2.15. The van der Waals surface area contributed by atoms with Gasteiger partial charge in [-0.1, -0.05) is 6.92 Å². The van der Waals surface area contributed by atoms with E-state index >= 15 is 0 Å². The van der Waals surface area contributed by atoms with Gasteiger partial charge in [0.15, 0.2) is 5.76 Å². The second kappa shape index (κ2) is 6.42. The van der Waals surface area contributed by atoms with Gasteiger partial charge in [-0.05, 0) is 70.1 Å². The molecule has 0 unspecified atom stereocenters. The molecule has 0 aromatic rings. The summed E-state index contributed by atoms with van der Waals surface area (Å²) in [5.74, 6) is -0.576. The van der Waals surface area contributed by atoms with Crippen LogP contribution in [0.3, 0.4) is 0 Å². The van der Waals surface area contributed by atoms with Gasteiger partial charge in [0.05, 0.1) is 24.1 Å². The Morgan fingerprint density at radius 2 is 1.90 bits per heavy atom. The zero-order valence-electron chi connectivity index (χ0n) is 18.1. The summed E-state index contributed by atoms with van der Waals surface area (Å²) in [4.78, 5) is 41.0. The fraction of sp³-hybridized carbons (Fsp3) is 0.696. The SMILES string of the molecule is COC1=C(C)C(=O)O[C@]12C(=O)C(C)=C1CCCCN3[C@H]([C@@H]4C[C@H](C)C(=O)O4)CC[C@@]132. The fourth-order valence-electron chi connectivity index (χ4n) is 6.81. The second-order valence-electron chi connectivity index (χ2n) is 9.39. The number of hydrogen-bond donors (Lipinski definition) is 0. The van der Waals surface area contributed by atoms with Crippen LogP contribution in [-0.2, 0) is 28.6 Å². The average molecular weight is 415 g/mol.